The average molecular weight is 366 g/mol. The lowest BCUT2D eigenvalue weighted by atomic mass is 10.1. The van der Waals surface area contributed by atoms with E-state index in [1.807, 2.05) is 13.8 Å². The number of carbonyl (C=O) groups excluding carboxylic acids is 1. The third-order valence-corrected chi connectivity index (χ3v) is 3.81. The summed E-state index contributed by atoms with van der Waals surface area (Å²) in [5.41, 5.74) is 0.941. The summed E-state index contributed by atoms with van der Waals surface area (Å²) in [5, 5.41) is 0.315. The van der Waals surface area contributed by atoms with Crippen molar-refractivity contribution in [3.8, 4) is 11.5 Å². The quantitative estimate of drug-likeness (QED) is 0.697. The van der Waals surface area contributed by atoms with Gasteiger partial charge in [-0.2, -0.15) is 0 Å². The Morgan fingerprint density at radius 2 is 1.84 bits per heavy atom. The van der Waals surface area contributed by atoms with E-state index in [-0.39, 0.29) is 11.7 Å². The molecule has 6 heteroatoms. The summed E-state index contributed by atoms with van der Waals surface area (Å²) in [7, 11) is 1.62. The van der Waals surface area contributed by atoms with Gasteiger partial charge in [-0.15, -0.1) is 0 Å². The molecule has 0 unspecified atom stereocenters. The van der Waals surface area contributed by atoms with Gasteiger partial charge in [0.1, 0.15) is 5.82 Å². The molecule has 0 aliphatic heterocycles. The van der Waals surface area contributed by atoms with Crippen LogP contribution in [0.3, 0.4) is 0 Å². The van der Waals surface area contributed by atoms with Crippen LogP contribution in [0, 0.1) is 5.82 Å². The van der Waals surface area contributed by atoms with Gasteiger partial charge < -0.3 is 14.4 Å². The minimum atomic E-state index is -0.358. The molecule has 25 heavy (non-hydrogen) atoms. The lowest BCUT2D eigenvalue weighted by Crippen LogP contribution is -2.26. The van der Waals surface area contributed by atoms with Crippen LogP contribution in [0.2, 0.25) is 5.02 Å². The van der Waals surface area contributed by atoms with Crippen LogP contribution in [0.15, 0.2) is 36.4 Å². The number of hydrogen-bond donors (Lipinski definition) is 0. The van der Waals surface area contributed by atoms with Crippen LogP contribution in [0.4, 0.5) is 10.1 Å². The molecule has 2 aromatic carbocycles. The molecule has 0 saturated carbocycles. The second kappa shape index (κ2) is 8.72. The van der Waals surface area contributed by atoms with Crippen molar-refractivity contribution in [2.24, 2.45) is 0 Å². The highest BCUT2D eigenvalue weighted by atomic mass is 35.5. The molecule has 1 amide bonds. The predicted molar refractivity (Wildman–Crippen MR) is 97.5 cm³/mol. The second-order valence-corrected chi connectivity index (χ2v) is 5.81. The lowest BCUT2D eigenvalue weighted by Gasteiger charge is -2.19. The number of carbonyl (C=O) groups is 1. The van der Waals surface area contributed by atoms with Crippen molar-refractivity contribution < 1.29 is 18.7 Å². The van der Waals surface area contributed by atoms with Gasteiger partial charge in [0, 0.05) is 18.3 Å². The first-order valence-corrected chi connectivity index (χ1v) is 8.48. The zero-order valence-corrected chi connectivity index (χ0v) is 15.3. The molecule has 0 saturated heterocycles. The number of hydrogen-bond acceptors (Lipinski definition) is 3. The Kier molecular flexibility index (Phi) is 6.65. The molecule has 0 N–H and O–H groups in total. The van der Waals surface area contributed by atoms with Crippen molar-refractivity contribution in [2.45, 2.75) is 20.3 Å². The maximum Gasteiger partial charge on any atom is 0.258 e. The van der Waals surface area contributed by atoms with Crippen molar-refractivity contribution in [1.82, 2.24) is 0 Å². The molecule has 2 aromatic rings. The van der Waals surface area contributed by atoms with E-state index in [4.69, 9.17) is 21.1 Å². The molecule has 0 radical (unpaired) electrons. The van der Waals surface area contributed by atoms with Gasteiger partial charge in [0.2, 0.25) is 0 Å². The van der Waals surface area contributed by atoms with E-state index in [1.54, 1.807) is 19.2 Å². The maximum atomic E-state index is 13.1. The highest BCUT2D eigenvalue weighted by Crippen LogP contribution is 2.37. The average Bonchev–Trinajstić information content (AvgIpc) is 2.60. The van der Waals surface area contributed by atoms with Gasteiger partial charge in [-0.05, 0) is 49.7 Å². The minimum Gasteiger partial charge on any atom is -0.490 e. The SMILES string of the molecule is CCCOc1c(Cl)cc(C(=O)N(C)c2ccc(F)cc2)cc1OCC. The van der Waals surface area contributed by atoms with E-state index >= 15 is 0 Å². The van der Waals surface area contributed by atoms with Crippen LogP contribution in [0.1, 0.15) is 30.6 Å². The number of ether oxygens (including phenoxy) is 2. The molecule has 0 atom stereocenters. The van der Waals surface area contributed by atoms with Crippen LogP contribution in [-0.2, 0) is 0 Å². The van der Waals surface area contributed by atoms with E-state index in [1.165, 1.54) is 29.2 Å². The van der Waals surface area contributed by atoms with Crippen molar-refractivity contribution in [3.63, 3.8) is 0 Å². The highest BCUT2D eigenvalue weighted by Gasteiger charge is 2.19. The molecular formula is C19H21ClFNO3. The third-order valence-electron chi connectivity index (χ3n) is 3.53. The Balaban J connectivity index is 2.33. The Labute approximate surface area is 152 Å². The molecule has 0 aliphatic rings. The van der Waals surface area contributed by atoms with Crippen LogP contribution in [0.25, 0.3) is 0 Å². The molecule has 134 valence electrons. The predicted octanol–water partition coefficient (Wildman–Crippen LogP) is 4.94. The van der Waals surface area contributed by atoms with Crippen molar-refractivity contribution in [2.75, 3.05) is 25.2 Å². The largest absolute Gasteiger partial charge is 0.490 e. The second-order valence-electron chi connectivity index (χ2n) is 5.41. The fourth-order valence-corrected chi connectivity index (χ4v) is 2.54. The first-order valence-electron chi connectivity index (χ1n) is 8.10. The fourth-order valence-electron chi connectivity index (χ4n) is 2.27. The summed E-state index contributed by atoms with van der Waals surface area (Å²) in [6.07, 6.45) is 0.829. The van der Waals surface area contributed by atoms with Gasteiger partial charge in [-0.3, -0.25) is 4.79 Å². The van der Waals surface area contributed by atoms with Gasteiger partial charge >= 0.3 is 0 Å². The molecule has 0 aromatic heterocycles. The Bertz CT molecular complexity index is 734. The smallest absolute Gasteiger partial charge is 0.258 e. The number of benzene rings is 2. The monoisotopic (exact) mass is 365 g/mol. The van der Waals surface area contributed by atoms with Gasteiger partial charge in [0.05, 0.1) is 18.2 Å². The first-order chi connectivity index (χ1) is 12.0. The van der Waals surface area contributed by atoms with Gasteiger partial charge in [0.25, 0.3) is 5.91 Å². The van der Waals surface area contributed by atoms with Crippen molar-refractivity contribution in [3.05, 3.63) is 52.8 Å². The zero-order valence-electron chi connectivity index (χ0n) is 14.5. The van der Waals surface area contributed by atoms with Gasteiger partial charge in [-0.1, -0.05) is 18.5 Å². The van der Waals surface area contributed by atoms with E-state index < -0.39 is 0 Å². The molecule has 0 aliphatic carbocycles. The highest BCUT2D eigenvalue weighted by molar-refractivity contribution is 6.32. The minimum absolute atomic E-state index is 0.281. The number of rotatable bonds is 7. The van der Waals surface area contributed by atoms with E-state index in [2.05, 4.69) is 0 Å². The molecule has 4 nitrogen and oxygen atoms in total. The fraction of sp³-hybridized carbons (Fsp3) is 0.316. The molecule has 0 fully saturated rings. The van der Waals surface area contributed by atoms with E-state index in [9.17, 15) is 9.18 Å². The van der Waals surface area contributed by atoms with Crippen LogP contribution < -0.4 is 14.4 Å². The normalized spacial score (nSPS) is 10.4. The number of nitrogens with zero attached hydrogens (tertiary/aromatic N) is 1. The first kappa shape index (κ1) is 19.1. The Morgan fingerprint density at radius 3 is 2.44 bits per heavy atom. The van der Waals surface area contributed by atoms with Crippen LogP contribution in [-0.4, -0.2) is 26.2 Å². The summed E-state index contributed by atoms with van der Waals surface area (Å²) in [6.45, 7) is 4.76. The Morgan fingerprint density at radius 1 is 1.16 bits per heavy atom. The van der Waals surface area contributed by atoms with Crippen LogP contribution in [0.5, 0.6) is 11.5 Å². The van der Waals surface area contributed by atoms with E-state index in [0.29, 0.717) is 41.0 Å². The third kappa shape index (κ3) is 4.63. The maximum absolute atomic E-state index is 13.1. The Hall–Kier alpha value is -2.27. The molecule has 0 heterocycles. The van der Waals surface area contributed by atoms with Gasteiger partial charge in [0.15, 0.2) is 11.5 Å². The van der Waals surface area contributed by atoms with Crippen molar-refractivity contribution >= 4 is 23.2 Å². The topological polar surface area (TPSA) is 38.8 Å². The van der Waals surface area contributed by atoms with Crippen molar-refractivity contribution in [1.29, 1.82) is 0 Å². The summed E-state index contributed by atoms with van der Waals surface area (Å²) >= 11 is 6.30. The molecule has 0 spiro atoms. The number of anilines is 1. The summed E-state index contributed by atoms with van der Waals surface area (Å²) in [6, 6.07) is 8.85. The lowest BCUT2D eigenvalue weighted by molar-refractivity contribution is 0.0992. The summed E-state index contributed by atoms with van der Waals surface area (Å²) in [4.78, 5) is 14.2. The number of halogens is 2. The summed E-state index contributed by atoms with van der Waals surface area (Å²) in [5.74, 6) is 0.228. The molecular weight excluding hydrogens is 345 g/mol. The number of amides is 1. The molecule has 0 bridgehead atoms. The van der Waals surface area contributed by atoms with Gasteiger partial charge in [-0.25, -0.2) is 4.39 Å². The van der Waals surface area contributed by atoms with E-state index in [0.717, 1.165) is 6.42 Å². The van der Waals surface area contributed by atoms with Crippen LogP contribution >= 0.6 is 11.6 Å². The summed E-state index contributed by atoms with van der Waals surface area (Å²) < 4.78 is 24.3. The zero-order chi connectivity index (χ0) is 18.4. The standard InChI is InChI=1S/C19H21ClFNO3/c1-4-10-25-18-16(20)11-13(12-17(18)24-5-2)19(23)22(3)15-8-6-14(21)7-9-15/h6-9,11-12H,4-5,10H2,1-3H3. The molecule has 2 rings (SSSR count).